The van der Waals surface area contributed by atoms with E-state index in [1.54, 1.807) is 13.3 Å². The molecule has 0 bridgehead atoms. The number of carboxylic acid groups (broad SMARTS) is 1. The van der Waals surface area contributed by atoms with Gasteiger partial charge in [-0.3, -0.25) is 9.78 Å². The quantitative estimate of drug-likeness (QED) is 0.400. The van der Waals surface area contributed by atoms with Crippen molar-refractivity contribution in [2.75, 3.05) is 26.7 Å². The molecule has 1 aliphatic heterocycles. The third-order valence-corrected chi connectivity index (χ3v) is 7.11. The summed E-state index contributed by atoms with van der Waals surface area (Å²) >= 11 is 0. The van der Waals surface area contributed by atoms with Crippen LogP contribution in [0.4, 0.5) is 0 Å². The first-order chi connectivity index (χ1) is 17.0. The third kappa shape index (κ3) is 6.52. The lowest BCUT2D eigenvalue weighted by Gasteiger charge is -2.37. The first-order valence-electron chi connectivity index (χ1n) is 12.3. The van der Waals surface area contributed by atoms with Crippen molar-refractivity contribution >= 4 is 16.9 Å². The molecule has 8 nitrogen and oxygen atoms in total. The molecule has 35 heavy (non-hydrogen) atoms. The van der Waals surface area contributed by atoms with Gasteiger partial charge in [0.15, 0.2) is 0 Å². The van der Waals surface area contributed by atoms with Gasteiger partial charge >= 0.3 is 5.97 Å². The zero-order valence-corrected chi connectivity index (χ0v) is 20.2. The Labute approximate surface area is 206 Å². The SMILES string of the molecule is COc1ccc2nccc([C@@H](O)CC[C@@H]3CCN(CCCCc4cncnc4)C[C@@H]3C(=O)O)c2c1. The minimum Gasteiger partial charge on any atom is -0.497 e. The molecular formula is C27H34N4O4. The van der Waals surface area contributed by atoms with Crippen LogP contribution in [-0.4, -0.2) is 62.8 Å². The van der Waals surface area contributed by atoms with Crippen LogP contribution in [0.15, 0.2) is 49.2 Å². The van der Waals surface area contributed by atoms with Crippen LogP contribution in [0.5, 0.6) is 5.75 Å². The zero-order valence-electron chi connectivity index (χ0n) is 20.2. The van der Waals surface area contributed by atoms with Crippen LogP contribution in [0.2, 0.25) is 0 Å². The highest BCUT2D eigenvalue weighted by Gasteiger charge is 2.34. The summed E-state index contributed by atoms with van der Waals surface area (Å²) in [6, 6.07) is 7.47. The van der Waals surface area contributed by atoms with Crippen molar-refractivity contribution in [2.24, 2.45) is 11.8 Å². The number of carboxylic acids is 1. The number of aliphatic carboxylic acids is 1. The molecule has 2 N–H and O–H groups in total. The second kappa shape index (κ2) is 12.0. The molecule has 0 saturated carbocycles. The Hall–Kier alpha value is -3.10. The number of aromatic nitrogens is 3. The Morgan fingerprint density at radius 1 is 1.23 bits per heavy atom. The van der Waals surface area contributed by atoms with Gasteiger partial charge in [-0.1, -0.05) is 0 Å². The molecule has 0 aliphatic carbocycles. The lowest BCUT2D eigenvalue weighted by Crippen LogP contribution is -2.44. The molecule has 1 saturated heterocycles. The molecular weight excluding hydrogens is 444 g/mol. The minimum absolute atomic E-state index is 0.0579. The molecule has 1 aliphatic rings. The highest BCUT2D eigenvalue weighted by Crippen LogP contribution is 2.33. The largest absolute Gasteiger partial charge is 0.497 e. The van der Waals surface area contributed by atoms with Gasteiger partial charge in [0.05, 0.1) is 24.6 Å². The van der Waals surface area contributed by atoms with Crippen molar-refractivity contribution in [3.63, 3.8) is 0 Å². The van der Waals surface area contributed by atoms with E-state index >= 15 is 0 Å². The molecule has 0 amide bonds. The van der Waals surface area contributed by atoms with E-state index in [-0.39, 0.29) is 5.92 Å². The van der Waals surface area contributed by atoms with Crippen molar-refractivity contribution in [2.45, 2.75) is 44.6 Å². The predicted octanol–water partition coefficient (Wildman–Crippen LogP) is 3.89. The van der Waals surface area contributed by atoms with Gasteiger partial charge in [-0.05, 0) is 92.9 Å². The van der Waals surface area contributed by atoms with Crippen LogP contribution < -0.4 is 4.74 Å². The standard InChI is InChI=1S/C27H34N4O4/c1-35-21-6-7-25-23(14-21)22(9-11-30-25)26(32)8-5-20-10-13-31(17-24(20)27(33)34)12-3-2-4-19-15-28-18-29-16-19/h6-7,9,11,14-16,18,20,24,26,32H,2-5,8,10,12-13,17H2,1H3,(H,33,34)/t20-,24+,26+/m1/s1. The number of hydrogen-bond donors (Lipinski definition) is 2. The van der Waals surface area contributed by atoms with E-state index in [4.69, 9.17) is 4.74 Å². The minimum atomic E-state index is -0.741. The highest BCUT2D eigenvalue weighted by molar-refractivity contribution is 5.83. The summed E-state index contributed by atoms with van der Waals surface area (Å²) in [7, 11) is 1.62. The van der Waals surface area contributed by atoms with E-state index in [9.17, 15) is 15.0 Å². The number of aliphatic hydroxyl groups excluding tert-OH is 1. The van der Waals surface area contributed by atoms with Gasteiger partial charge in [-0.2, -0.15) is 0 Å². The number of ether oxygens (including phenoxy) is 1. The van der Waals surface area contributed by atoms with E-state index in [2.05, 4.69) is 19.9 Å². The van der Waals surface area contributed by atoms with E-state index in [0.29, 0.717) is 19.4 Å². The maximum atomic E-state index is 12.1. The van der Waals surface area contributed by atoms with Crippen molar-refractivity contribution in [1.82, 2.24) is 19.9 Å². The Bertz CT molecular complexity index is 1110. The molecule has 0 unspecified atom stereocenters. The molecule has 3 aromatic rings. The summed E-state index contributed by atoms with van der Waals surface area (Å²) in [5.41, 5.74) is 2.74. The Kier molecular flexibility index (Phi) is 8.60. The third-order valence-electron chi connectivity index (χ3n) is 7.11. The number of methoxy groups -OCH3 is 1. The maximum absolute atomic E-state index is 12.1. The lowest BCUT2D eigenvalue weighted by atomic mass is 9.81. The number of unbranched alkanes of at least 4 members (excludes halogenated alkanes) is 1. The number of aryl methyl sites for hydroxylation is 1. The Morgan fingerprint density at radius 2 is 2.06 bits per heavy atom. The number of rotatable bonds is 11. The summed E-state index contributed by atoms with van der Waals surface area (Å²) in [6.45, 7) is 2.37. The number of fused-ring (bicyclic) bond motifs is 1. The van der Waals surface area contributed by atoms with E-state index in [1.807, 2.05) is 36.7 Å². The monoisotopic (exact) mass is 478 g/mol. The molecule has 4 rings (SSSR count). The topological polar surface area (TPSA) is 109 Å². The van der Waals surface area contributed by atoms with Crippen LogP contribution in [0.25, 0.3) is 10.9 Å². The van der Waals surface area contributed by atoms with Crippen LogP contribution in [0.3, 0.4) is 0 Å². The summed E-state index contributed by atoms with van der Waals surface area (Å²) in [4.78, 5) is 26.8. The molecule has 1 aromatic carbocycles. The van der Waals surface area contributed by atoms with Crippen LogP contribution >= 0.6 is 0 Å². The van der Waals surface area contributed by atoms with Gasteiger partial charge in [-0.15, -0.1) is 0 Å². The number of aliphatic hydroxyl groups is 1. The zero-order chi connectivity index (χ0) is 24.6. The van der Waals surface area contributed by atoms with E-state index in [0.717, 1.165) is 66.6 Å². The Balaban J connectivity index is 1.30. The molecule has 186 valence electrons. The molecule has 1 fully saturated rings. The maximum Gasteiger partial charge on any atom is 0.308 e. The van der Waals surface area contributed by atoms with Crippen LogP contribution in [0.1, 0.15) is 49.3 Å². The molecule has 3 atom stereocenters. The number of benzene rings is 1. The average Bonchev–Trinajstić information content (AvgIpc) is 2.89. The number of likely N-dealkylation sites (tertiary alicyclic amines) is 1. The highest BCUT2D eigenvalue weighted by atomic mass is 16.5. The van der Waals surface area contributed by atoms with Crippen molar-refractivity contribution in [3.8, 4) is 5.75 Å². The molecule has 0 radical (unpaired) electrons. The summed E-state index contributed by atoms with van der Waals surface area (Å²) in [5.74, 6) is -0.376. The number of hydrogen-bond acceptors (Lipinski definition) is 7. The fraction of sp³-hybridized carbons (Fsp3) is 0.481. The number of nitrogens with zero attached hydrogens (tertiary/aromatic N) is 4. The predicted molar refractivity (Wildman–Crippen MR) is 133 cm³/mol. The number of carbonyl (C=O) groups is 1. The number of piperidine rings is 1. The Morgan fingerprint density at radius 3 is 2.83 bits per heavy atom. The van der Waals surface area contributed by atoms with Crippen molar-refractivity contribution in [3.05, 3.63) is 60.3 Å². The molecule has 2 aromatic heterocycles. The summed E-state index contributed by atoms with van der Waals surface area (Å²) < 4.78 is 5.34. The van der Waals surface area contributed by atoms with Crippen molar-refractivity contribution in [1.29, 1.82) is 0 Å². The summed E-state index contributed by atoms with van der Waals surface area (Å²) in [6.07, 6.45) is 11.3. The molecule has 8 heteroatoms. The smallest absolute Gasteiger partial charge is 0.308 e. The summed E-state index contributed by atoms with van der Waals surface area (Å²) in [5, 5.41) is 21.8. The van der Waals surface area contributed by atoms with Gasteiger partial charge < -0.3 is 19.8 Å². The second-order valence-corrected chi connectivity index (χ2v) is 9.37. The van der Waals surface area contributed by atoms with Gasteiger partial charge in [0.1, 0.15) is 12.1 Å². The van der Waals surface area contributed by atoms with Crippen molar-refractivity contribution < 1.29 is 19.7 Å². The fourth-order valence-corrected chi connectivity index (χ4v) is 5.11. The normalized spacial score (nSPS) is 19.5. The second-order valence-electron chi connectivity index (χ2n) is 9.37. The molecule has 0 spiro atoms. The first-order valence-corrected chi connectivity index (χ1v) is 12.3. The van der Waals surface area contributed by atoms with Gasteiger partial charge in [0.25, 0.3) is 0 Å². The van der Waals surface area contributed by atoms with E-state index in [1.165, 1.54) is 6.33 Å². The van der Waals surface area contributed by atoms with Crippen LogP contribution in [-0.2, 0) is 11.2 Å². The van der Waals surface area contributed by atoms with Gasteiger partial charge in [-0.25, -0.2) is 9.97 Å². The van der Waals surface area contributed by atoms with Gasteiger partial charge in [0.2, 0.25) is 0 Å². The fourth-order valence-electron chi connectivity index (χ4n) is 5.11. The molecule has 3 heterocycles. The van der Waals surface area contributed by atoms with Gasteiger partial charge in [0, 0.05) is 30.5 Å². The lowest BCUT2D eigenvalue weighted by molar-refractivity contribution is -0.146. The van der Waals surface area contributed by atoms with E-state index < -0.39 is 18.0 Å². The average molecular weight is 479 g/mol. The van der Waals surface area contributed by atoms with Crippen LogP contribution in [0, 0.1) is 11.8 Å². The number of pyridine rings is 1. The first kappa shape index (κ1) is 25.0.